The largest absolute Gasteiger partial charge is 0.510 e. The number of anilines is 1. The number of benzene rings is 2. The third kappa shape index (κ3) is 4.17. The molecule has 13 heteroatoms. The number of carbonyl (C=O) groups excluding carboxylic acids is 4. The molecule has 0 aliphatic heterocycles. The zero-order valence-electron chi connectivity index (χ0n) is 21.8. The Labute approximate surface area is 232 Å². The standard InChI is InChI=1S/C28H27N3O10/c1-9-12-7-8-13(31-28(39)41-11-5-3-10(40-2)4-6-11)21(32)15(12)23(34)17-14(9)22(33)16-18(24(17)35)25(36)19(27(30)38)26(37)20(16)29/h3-9,14,16,18,20,22,32-34,37H,29H2,1-2H3,(H2,30,38)(H,31,39)/t9-,14?,16?,18?,20-,22-/m0/s1. The first-order valence-electron chi connectivity index (χ1n) is 12.6. The molecular weight excluding hydrogens is 538 g/mol. The highest BCUT2D eigenvalue weighted by molar-refractivity contribution is 6.28. The van der Waals surface area contributed by atoms with E-state index in [2.05, 4.69) is 5.32 Å². The van der Waals surface area contributed by atoms with E-state index in [0.717, 1.165) is 0 Å². The number of rotatable bonds is 4. The highest BCUT2D eigenvalue weighted by Gasteiger charge is 2.59. The van der Waals surface area contributed by atoms with Crippen LogP contribution in [0.2, 0.25) is 0 Å². The van der Waals surface area contributed by atoms with Crippen molar-refractivity contribution in [2.75, 3.05) is 12.4 Å². The van der Waals surface area contributed by atoms with Gasteiger partial charge in [0.05, 0.1) is 36.4 Å². The number of Topliss-reactive ketones (excluding diaryl/α,β-unsaturated/α-hetero) is 2. The van der Waals surface area contributed by atoms with Crippen LogP contribution < -0.4 is 26.3 Å². The van der Waals surface area contributed by atoms with E-state index in [4.69, 9.17) is 20.9 Å². The Morgan fingerprint density at radius 3 is 2.22 bits per heavy atom. The monoisotopic (exact) mass is 565 g/mol. The summed E-state index contributed by atoms with van der Waals surface area (Å²) < 4.78 is 10.3. The van der Waals surface area contributed by atoms with Crippen LogP contribution in [0.5, 0.6) is 17.2 Å². The molecule has 214 valence electrons. The normalized spacial score (nSPS) is 27.0. The number of amides is 2. The van der Waals surface area contributed by atoms with Gasteiger partial charge in [-0.15, -0.1) is 0 Å². The van der Waals surface area contributed by atoms with E-state index in [1.807, 2.05) is 0 Å². The highest BCUT2D eigenvalue weighted by atomic mass is 16.6. The maximum atomic E-state index is 13.7. The average molecular weight is 566 g/mol. The molecule has 6 atom stereocenters. The van der Waals surface area contributed by atoms with Gasteiger partial charge < -0.3 is 41.4 Å². The number of ketones is 2. The molecule has 1 saturated carbocycles. The molecule has 0 saturated heterocycles. The van der Waals surface area contributed by atoms with Gasteiger partial charge in [-0.2, -0.15) is 0 Å². The molecule has 2 amide bonds. The number of ether oxygens (including phenoxy) is 2. The molecule has 5 rings (SSSR count). The van der Waals surface area contributed by atoms with Gasteiger partial charge in [0.25, 0.3) is 5.91 Å². The van der Waals surface area contributed by atoms with Crippen molar-refractivity contribution in [3.05, 3.63) is 64.4 Å². The van der Waals surface area contributed by atoms with Crippen molar-refractivity contribution in [3.63, 3.8) is 0 Å². The van der Waals surface area contributed by atoms with Crippen molar-refractivity contribution in [1.82, 2.24) is 0 Å². The van der Waals surface area contributed by atoms with Crippen LogP contribution in [-0.2, 0) is 14.4 Å². The van der Waals surface area contributed by atoms with Gasteiger partial charge in [0.15, 0.2) is 11.6 Å². The van der Waals surface area contributed by atoms with Gasteiger partial charge in [-0.25, -0.2) is 4.79 Å². The Kier molecular flexibility index (Phi) is 6.71. The summed E-state index contributed by atoms with van der Waals surface area (Å²) >= 11 is 0. The zero-order chi connectivity index (χ0) is 29.9. The van der Waals surface area contributed by atoms with E-state index in [1.54, 1.807) is 19.1 Å². The molecule has 41 heavy (non-hydrogen) atoms. The lowest BCUT2D eigenvalue weighted by molar-refractivity contribution is -0.141. The van der Waals surface area contributed by atoms with Crippen LogP contribution in [0, 0.1) is 17.8 Å². The number of primary amides is 1. The SMILES string of the molecule is COc1ccc(OC(=O)Nc2ccc3c(c2O)C(O)=C2C(=O)C4C(=O)C(C(N)=O)=C(O)[C@@H](N)C4[C@@H](O)C2[C@H]3C)cc1. The van der Waals surface area contributed by atoms with Gasteiger partial charge in [0.1, 0.15) is 34.3 Å². The van der Waals surface area contributed by atoms with Gasteiger partial charge in [0, 0.05) is 17.4 Å². The minimum atomic E-state index is -1.71. The van der Waals surface area contributed by atoms with Crippen LogP contribution >= 0.6 is 0 Å². The number of hydrogen-bond donors (Lipinski definition) is 7. The van der Waals surface area contributed by atoms with Crippen molar-refractivity contribution in [1.29, 1.82) is 0 Å². The molecule has 0 heterocycles. The molecule has 9 N–H and O–H groups in total. The van der Waals surface area contributed by atoms with Gasteiger partial charge in [0.2, 0.25) is 0 Å². The molecular formula is C28H27N3O10. The minimum Gasteiger partial charge on any atom is -0.510 e. The Morgan fingerprint density at radius 1 is 0.976 bits per heavy atom. The maximum absolute atomic E-state index is 13.7. The van der Waals surface area contributed by atoms with Crippen molar-refractivity contribution in [2.24, 2.45) is 29.2 Å². The number of aromatic hydroxyl groups is 1. The predicted octanol–water partition coefficient (Wildman–Crippen LogP) is 1.40. The lowest BCUT2D eigenvalue weighted by atomic mass is 9.56. The number of nitrogens with two attached hydrogens (primary N) is 2. The summed E-state index contributed by atoms with van der Waals surface area (Å²) in [6.45, 7) is 1.64. The quantitative estimate of drug-likeness (QED) is 0.159. The topological polar surface area (TPSA) is 232 Å². The third-order valence-corrected chi connectivity index (χ3v) is 8.03. The van der Waals surface area contributed by atoms with E-state index in [9.17, 15) is 39.6 Å². The number of fused-ring (bicyclic) bond motifs is 3. The van der Waals surface area contributed by atoms with Gasteiger partial charge in [-0.05, 0) is 41.8 Å². The molecule has 3 unspecified atom stereocenters. The van der Waals surface area contributed by atoms with Crippen LogP contribution in [0.4, 0.5) is 10.5 Å². The van der Waals surface area contributed by atoms with Crippen LogP contribution in [0.3, 0.4) is 0 Å². The fourth-order valence-corrected chi connectivity index (χ4v) is 6.08. The van der Waals surface area contributed by atoms with Crippen molar-refractivity contribution in [3.8, 4) is 17.2 Å². The Hall–Kier alpha value is -4.88. The second-order valence-electron chi connectivity index (χ2n) is 10.1. The number of hydrogen-bond acceptors (Lipinski definition) is 11. The zero-order valence-corrected chi connectivity index (χ0v) is 21.8. The average Bonchev–Trinajstić information content (AvgIpc) is 2.92. The minimum absolute atomic E-state index is 0.151. The lowest BCUT2D eigenvalue weighted by Gasteiger charge is -2.48. The van der Waals surface area contributed by atoms with Crippen LogP contribution in [0.1, 0.15) is 24.0 Å². The van der Waals surface area contributed by atoms with Crippen molar-refractivity contribution >= 4 is 35.0 Å². The molecule has 2 aromatic rings. The molecule has 2 aromatic carbocycles. The van der Waals surface area contributed by atoms with E-state index in [1.165, 1.54) is 31.4 Å². The second kappa shape index (κ2) is 9.94. The number of aliphatic hydroxyl groups excluding tert-OH is 3. The van der Waals surface area contributed by atoms with Crippen LogP contribution in [-0.4, -0.2) is 63.2 Å². The second-order valence-corrected chi connectivity index (χ2v) is 10.1. The maximum Gasteiger partial charge on any atom is 0.417 e. The van der Waals surface area contributed by atoms with Gasteiger partial charge >= 0.3 is 6.09 Å². The van der Waals surface area contributed by atoms with E-state index < -0.39 is 82.2 Å². The van der Waals surface area contributed by atoms with Crippen molar-refractivity contribution in [2.45, 2.75) is 25.0 Å². The summed E-state index contributed by atoms with van der Waals surface area (Å²) in [6.07, 6.45) is -2.47. The molecule has 0 spiro atoms. The van der Waals surface area contributed by atoms with Gasteiger partial charge in [-0.3, -0.25) is 19.7 Å². The number of carbonyl (C=O) groups is 4. The summed E-state index contributed by atoms with van der Waals surface area (Å²) in [5, 5.41) is 46.5. The Bertz CT molecular complexity index is 1560. The molecule has 1 fully saturated rings. The first-order valence-corrected chi connectivity index (χ1v) is 12.6. The molecule has 0 aromatic heterocycles. The van der Waals surface area contributed by atoms with Crippen LogP contribution in [0.25, 0.3) is 5.76 Å². The third-order valence-electron chi connectivity index (χ3n) is 8.03. The summed E-state index contributed by atoms with van der Waals surface area (Å²) in [4.78, 5) is 51.2. The molecule has 0 radical (unpaired) electrons. The van der Waals surface area contributed by atoms with E-state index in [0.29, 0.717) is 11.3 Å². The smallest absolute Gasteiger partial charge is 0.417 e. The summed E-state index contributed by atoms with van der Waals surface area (Å²) in [6, 6.07) is 7.55. The number of phenols is 1. The molecule has 3 aliphatic rings. The van der Waals surface area contributed by atoms with Crippen LogP contribution in [0.15, 0.2) is 53.3 Å². The van der Waals surface area contributed by atoms with E-state index in [-0.39, 0.29) is 22.6 Å². The predicted molar refractivity (Wildman–Crippen MR) is 142 cm³/mol. The fourth-order valence-electron chi connectivity index (χ4n) is 6.08. The Morgan fingerprint density at radius 2 is 1.61 bits per heavy atom. The summed E-state index contributed by atoms with van der Waals surface area (Å²) in [5.41, 5.74) is 10.1. The van der Waals surface area contributed by atoms with Crippen molar-refractivity contribution < 1.29 is 49.1 Å². The first-order chi connectivity index (χ1) is 19.4. The lowest BCUT2D eigenvalue weighted by Crippen LogP contribution is -2.60. The van der Waals surface area contributed by atoms with Gasteiger partial charge in [-0.1, -0.05) is 13.0 Å². The number of nitrogens with one attached hydrogen (secondary N) is 1. The summed E-state index contributed by atoms with van der Waals surface area (Å²) in [5.74, 6) is -9.50. The molecule has 13 nitrogen and oxygen atoms in total. The number of phenolic OH excluding ortho intramolecular Hbond substituents is 1. The first kappa shape index (κ1) is 27.7. The molecule has 0 bridgehead atoms. The Balaban J connectivity index is 1.52. The molecule has 3 aliphatic carbocycles. The summed E-state index contributed by atoms with van der Waals surface area (Å²) in [7, 11) is 1.48. The highest BCUT2D eigenvalue weighted by Crippen LogP contribution is 2.54. The fraction of sp³-hybridized carbons (Fsp3) is 0.286. The van der Waals surface area contributed by atoms with E-state index >= 15 is 0 Å². The number of methoxy groups -OCH3 is 1. The number of aliphatic hydroxyl groups is 3.